The number of hydrogen-bond acceptors (Lipinski definition) is 5. The number of sulfonamides is 1. The molecule has 126 valence electrons. The lowest BCUT2D eigenvalue weighted by molar-refractivity contribution is 0.0918. The van der Waals surface area contributed by atoms with Crippen molar-refractivity contribution in [2.24, 2.45) is 13.0 Å². The van der Waals surface area contributed by atoms with Gasteiger partial charge >= 0.3 is 0 Å². The third-order valence-electron chi connectivity index (χ3n) is 3.86. The number of carbonyl (C=O) groups excluding carboxylic acids is 1. The van der Waals surface area contributed by atoms with Gasteiger partial charge in [-0.2, -0.15) is 5.26 Å². The van der Waals surface area contributed by atoms with E-state index in [-0.39, 0.29) is 36.8 Å². The highest BCUT2D eigenvalue weighted by Gasteiger charge is 2.34. The van der Waals surface area contributed by atoms with Crippen LogP contribution in [0.15, 0.2) is 12.3 Å². The minimum atomic E-state index is -3.37. The molecule has 0 radical (unpaired) electrons. The second kappa shape index (κ2) is 6.70. The predicted molar refractivity (Wildman–Crippen MR) is 83.2 cm³/mol. The van der Waals surface area contributed by atoms with Crippen LogP contribution >= 0.6 is 0 Å². The molecule has 0 unspecified atom stereocenters. The summed E-state index contributed by atoms with van der Waals surface area (Å²) in [5, 5.41) is 11.7. The number of nitrogens with zero attached hydrogens (tertiary/aromatic N) is 3. The molecule has 0 aliphatic carbocycles. The molecule has 9 heteroatoms. The number of nitrogens with one attached hydrogen (secondary N) is 1. The van der Waals surface area contributed by atoms with Crippen molar-refractivity contribution in [3.8, 4) is 6.07 Å². The molecule has 2 atom stereocenters. The van der Waals surface area contributed by atoms with Gasteiger partial charge in [-0.25, -0.2) is 12.7 Å². The van der Waals surface area contributed by atoms with E-state index in [4.69, 9.17) is 10.00 Å². The van der Waals surface area contributed by atoms with Crippen LogP contribution in [0.2, 0.25) is 0 Å². The predicted octanol–water partition coefficient (Wildman–Crippen LogP) is -0.467. The summed E-state index contributed by atoms with van der Waals surface area (Å²) < 4.78 is 32.1. The molecule has 23 heavy (non-hydrogen) atoms. The van der Waals surface area contributed by atoms with Crippen molar-refractivity contribution in [2.45, 2.75) is 6.04 Å². The summed E-state index contributed by atoms with van der Waals surface area (Å²) in [6.45, 7) is 0.559. The van der Waals surface area contributed by atoms with Gasteiger partial charge in [-0.3, -0.25) is 4.79 Å². The molecule has 0 bridgehead atoms. The van der Waals surface area contributed by atoms with E-state index in [1.807, 2.05) is 6.07 Å². The summed E-state index contributed by atoms with van der Waals surface area (Å²) in [4.78, 5) is 12.3. The average molecular weight is 340 g/mol. The summed E-state index contributed by atoms with van der Waals surface area (Å²) in [7, 11) is 1.26. The van der Waals surface area contributed by atoms with E-state index in [0.29, 0.717) is 11.3 Å². The Balaban J connectivity index is 2.08. The zero-order chi connectivity index (χ0) is 17.2. The van der Waals surface area contributed by atoms with Gasteiger partial charge in [-0.05, 0) is 6.07 Å². The van der Waals surface area contributed by atoms with Crippen molar-refractivity contribution in [3.05, 3.63) is 23.5 Å². The summed E-state index contributed by atoms with van der Waals surface area (Å²) in [6, 6.07) is 3.10. The molecule has 2 heterocycles. The van der Waals surface area contributed by atoms with Crippen LogP contribution in [0.1, 0.15) is 16.1 Å². The second-order valence-electron chi connectivity index (χ2n) is 5.78. The van der Waals surface area contributed by atoms with Crippen LogP contribution < -0.4 is 5.32 Å². The number of nitriles is 1. The first-order valence-corrected chi connectivity index (χ1v) is 8.71. The first-order chi connectivity index (χ1) is 10.7. The molecule has 1 N–H and O–H groups in total. The van der Waals surface area contributed by atoms with Gasteiger partial charge in [0.05, 0.1) is 30.6 Å². The summed E-state index contributed by atoms with van der Waals surface area (Å²) in [5.41, 5.74) is 0.745. The maximum atomic E-state index is 12.3. The molecule has 8 nitrogen and oxygen atoms in total. The Bertz CT molecular complexity index is 732. The molecule has 1 aromatic heterocycles. The van der Waals surface area contributed by atoms with Gasteiger partial charge in [0.15, 0.2) is 0 Å². The zero-order valence-corrected chi connectivity index (χ0v) is 14.1. The van der Waals surface area contributed by atoms with E-state index in [2.05, 4.69) is 5.32 Å². The zero-order valence-electron chi connectivity index (χ0n) is 13.3. The van der Waals surface area contributed by atoms with Crippen molar-refractivity contribution in [3.63, 3.8) is 0 Å². The first-order valence-electron chi connectivity index (χ1n) is 7.10. The molecule has 2 rings (SSSR count). The van der Waals surface area contributed by atoms with Crippen LogP contribution in [0.5, 0.6) is 0 Å². The van der Waals surface area contributed by atoms with Gasteiger partial charge in [0, 0.05) is 33.3 Å². The normalized spacial score (nSPS) is 21.3. The topological polar surface area (TPSA) is 104 Å². The van der Waals surface area contributed by atoms with Gasteiger partial charge in [0.2, 0.25) is 10.0 Å². The van der Waals surface area contributed by atoms with Crippen LogP contribution in [-0.4, -0.2) is 62.3 Å². The van der Waals surface area contributed by atoms with E-state index < -0.39 is 10.0 Å². The SMILES string of the molecule is CN(C)S(=O)(=O)C[C@@H]1COC[C@@H]1NC(=O)c1cc(C#N)cn1C. The molecular weight excluding hydrogens is 320 g/mol. The first kappa shape index (κ1) is 17.5. The highest BCUT2D eigenvalue weighted by atomic mass is 32.2. The van der Waals surface area contributed by atoms with Crippen molar-refractivity contribution in [2.75, 3.05) is 33.1 Å². The molecule has 1 fully saturated rings. The number of aromatic nitrogens is 1. The van der Waals surface area contributed by atoms with Crippen LogP contribution in [0, 0.1) is 17.2 Å². The molecule has 0 saturated carbocycles. The largest absolute Gasteiger partial charge is 0.379 e. The summed E-state index contributed by atoms with van der Waals surface area (Å²) in [5.74, 6) is -0.736. The maximum absolute atomic E-state index is 12.3. The molecule has 1 aliphatic heterocycles. The molecule has 1 saturated heterocycles. The Labute approximate surface area is 135 Å². The fourth-order valence-corrected chi connectivity index (χ4v) is 3.60. The Kier molecular flexibility index (Phi) is 5.09. The highest BCUT2D eigenvalue weighted by molar-refractivity contribution is 7.89. The van der Waals surface area contributed by atoms with Gasteiger partial charge in [0.25, 0.3) is 5.91 Å². The monoisotopic (exact) mass is 340 g/mol. The van der Waals surface area contributed by atoms with Crippen molar-refractivity contribution in [1.82, 2.24) is 14.2 Å². The van der Waals surface area contributed by atoms with Crippen molar-refractivity contribution in [1.29, 1.82) is 5.26 Å². The maximum Gasteiger partial charge on any atom is 0.268 e. The van der Waals surface area contributed by atoms with E-state index in [1.54, 1.807) is 17.8 Å². The molecule has 1 aliphatic rings. The Morgan fingerprint density at radius 3 is 2.78 bits per heavy atom. The minimum absolute atomic E-state index is 0.0818. The third kappa shape index (κ3) is 3.90. The van der Waals surface area contributed by atoms with Crippen LogP contribution in [0.3, 0.4) is 0 Å². The van der Waals surface area contributed by atoms with Crippen LogP contribution in [-0.2, 0) is 21.8 Å². The smallest absolute Gasteiger partial charge is 0.268 e. The number of aryl methyl sites for hydroxylation is 1. The van der Waals surface area contributed by atoms with E-state index in [0.717, 1.165) is 0 Å². The van der Waals surface area contributed by atoms with Crippen molar-refractivity contribution >= 4 is 15.9 Å². The lowest BCUT2D eigenvalue weighted by Crippen LogP contribution is -2.44. The fraction of sp³-hybridized carbons (Fsp3) is 0.571. The molecule has 0 aromatic carbocycles. The minimum Gasteiger partial charge on any atom is -0.379 e. The van der Waals surface area contributed by atoms with Gasteiger partial charge in [0.1, 0.15) is 11.8 Å². The average Bonchev–Trinajstić information content (AvgIpc) is 3.05. The number of rotatable bonds is 5. The van der Waals surface area contributed by atoms with Gasteiger partial charge in [-0.15, -0.1) is 0 Å². The molecule has 1 aromatic rings. The third-order valence-corrected chi connectivity index (χ3v) is 5.82. The number of amides is 1. The quantitative estimate of drug-likeness (QED) is 0.780. The molecule has 0 spiro atoms. The van der Waals surface area contributed by atoms with Crippen LogP contribution in [0.4, 0.5) is 0 Å². The van der Waals surface area contributed by atoms with E-state index in [1.165, 1.54) is 24.5 Å². The number of hydrogen-bond donors (Lipinski definition) is 1. The summed E-state index contributed by atoms with van der Waals surface area (Å²) >= 11 is 0. The summed E-state index contributed by atoms with van der Waals surface area (Å²) in [6.07, 6.45) is 1.56. The standard InChI is InChI=1S/C14H20N4O4S/c1-17(2)23(20,21)9-11-7-22-8-12(11)16-14(19)13-4-10(5-15)6-18(13)3/h4,6,11-12H,7-9H2,1-3H3,(H,16,19)/t11-,12-/m0/s1. The Hall–Kier alpha value is -1.89. The molecular formula is C14H20N4O4S. The highest BCUT2D eigenvalue weighted by Crippen LogP contribution is 2.18. The Morgan fingerprint density at radius 2 is 2.22 bits per heavy atom. The van der Waals surface area contributed by atoms with Gasteiger partial charge < -0.3 is 14.6 Å². The van der Waals surface area contributed by atoms with Crippen LogP contribution in [0.25, 0.3) is 0 Å². The second-order valence-corrected chi connectivity index (χ2v) is 8.00. The number of ether oxygens (including phenoxy) is 1. The van der Waals surface area contributed by atoms with Crippen molar-refractivity contribution < 1.29 is 17.9 Å². The van der Waals surface area contributed by atoms with Gasteiger partial charge in [-0.1, -0.05) is 0 Å². The lowest BCUT2D eigenvalue weighted by Gasteiger charge is -2.21. The van der Waals surface area contributed by atoms with E-state index in [9.17, 15) is 13.2 Å². The number of carbonyl (C=O) groups is 1. The lowest BCUT2D eigenvalue weighted by atomic mass is 10.1. The molecule has 1 amide bonds. The Morgan fingerprint density at radius 1 is 1.52 bits per heavy atom. The fourth-order valence-electron chi connectivity index (χ4n) is 2.44. The van der Waals surface area contributed by atoms with E-state index >= 15 is 0 Å².